The monoisotopic (exact) mass is 374 g/mol. The van der Waals surface area contributed by atoms with E-state index in [1.54, 1.807) is 4.90 Å². The van der Waals surface area contributed by atoms with Gasteiger partial charge in [0.25, 0.3) is 0 Å². The van der Waals surface area contributed by atoms with E-state index >= 15 is 0 Å². The van der Waals surface area contributed by atoms with Crippen molar-refractivity contribution in [3.05, 3.63) is 78.9 Å². The maximum absolute atomic E-state index is 12.7. The van der Waals surface area contributed by atoms with Gasteiger partial charge in [0.05, 0.1) is 17.1 Å². The van der Waals surface area contributed by atoms with E-state index in [1.165, 1.54) is 17.3 Å². The smallest absolute Gasteiger partial charge is 0.244 e. The predicted octanol–water partition coefficient (Wildman–Crippen LogP) is 4.43. The summed E-state index contributed by atoms with van der Waals surface area (Å²) in [5, 5.41) is 2.80. The van der Waals surface area contributed by atoms with Crippen LogP contribution >= 0.6 is 11.8 Å². The third-order valence-electron chi connectivity index (χ3n) is 4.40. The van der Waals surface area contributed by atoms with E-state index < -0.39 is 0 Å². The van der Waals surface area contributed by atoms with Gasteiger partial charge in [-0.1, -0.05) is 54.6 Å². The number of fused-ring (bicyclic) bond motifs is 1. The quantitative estimate of drug-likeness (QED) is 0.687. The van der Waals surface area contributed by atoms with Gasteiger partial charge in [-0.05, 0) is 35.4 Å². The minimum absolute atomic E-state index is 0.0589. The van der Waals surface area contributed by atoms with Crippen LogP contribution in [-0.4, -0.2) is 24.1 Å². The second-order valence-corrected chi connectivity index (χ2v) is 7.27. The molecule has 1 N–H and O–H groups in total. The second-order valence-electron chi connectivity index (χ2n) is 6.22. The molecule has 0 aliphatic carbocycles. The van der Waals surface area contributed by atoms with Gasteiger partial charge in [-0.15, -0.1) is 11.8 Å². The summed E-state index contributed by atoms with van der Waals surface area (Å²) in [6, 6.07) is 25.7. The Balaban J connectivity index is 1.43. The Morgan fingerprint density at radius 2 is 1.56 bits per heavy atom. The molecule has 1 heterocycles. The van der Waals surface area contributed by atoms with Gasteiger partial charge >= 0.3 is 0 Å². The fourth-order valence-corrected chi connectivity index (χ4v) is 3.83. The molecule has 0 spiro atoms. The van der Waals surface area contributed by atoms with Crippen LogP contribution in [0.2, 0.25) is 0 Å². The average Bonchev–Trinajstić information content (AvgIpc) is 2.72. The average molecular weight is 374 g/mol. The highest BCUT2D eigenvalue weighted by atomic mass is 32.2. The van der Waals surface area contributed by atoms with Crippen molar-refractivity contribution in [2.24, 2.45) is 0 Å². The molecular formula is C22H18N2O2S. The molecule has 2 amide bonds. The van der Waals surface area contributed by atoms with Crippen molar-refractivity contribution in [1.82, 2.24) is 0 Å². The van der Waals surface area contributed by atoms with Gasteiger partial charge in [0.15, 0.2) is 0 Å². The maximum atomic E-state index is 12.7. The highest BCUT2D eigenvalue weighted by Gasteiger charge is 2.26. The zero-order valence-electron chi connectivity index (χ0n) is 14.6. The molecule has 1 aliphatic heterocycles. The van der Waals surface area contributed by atoms with E-state index in [2.05, 4.69) is 29.6 Å². The summed E-state index contributed by atoms with van der Waals surface area (Å²) in [5.41, 5.74) is 3.75. The number of rotatable bonds is 4. The van der Waals surface area contributed by atoms with Crippen molar-refractivity contribution in [2.45, 2.75) is 4.90 Å². The number of nitrogens with one attached hydrogen (secondary N) is 1. The van der Waals surface area contributed by atoms with Gasteiger partial charge in [0.1, 0.15) is 6.54 Å². The molecule has 0 unspecified atom stereocenters. The Kier molecular flexibility index (Phi) is 4.94. The fraction of sp³-hybridized carbons (Fsp3) is 0.0909. The van der Waals surface area contributed by atoms with Gasteiger partial charge in [-0.2, -0.15) is 0 Å². The number of amides is 2. The van der Waals surface area contributed by atoms with Crippen LogP contribution in [0.3, 0.4) is 0 Å². The van der Waals surface area contributed by atoms with Gasteiger partial charge in [0.2, 0.25) is 11.8 Å². The van der Waals surface area contributed by atoms with E-state index in [-0.39, 0.29) is 24.1 Å². The van der Waals surface area contributed by atoms with E-state index in [0.29, 0.717) is 5.69 Å². The fourth-order valence-electron chi connectivity index (χ4n) is 3.05. The van der Waals surface area contributed by atoms with Gasteiger partial charge in [-0.25, -0.2) is 0 Å². The SMILES string of the molecule is O=C1CN(C(=O)CSc2ccc(-c3ccccc3)cc2)c2ccccc2N1. The number of para-hydroxylation sites is 2. The zero-order valence-corrected chi connectivity index (χ0v) is 15.4. The van der Waals surface area contributed by atoms with Gasteiger partial charge in [0, 0.05) is 4.90 Å². The third kappa shape index (κ3) is 3.88. The molecule has 0 atom stereocenters. The van der Waals surface area contributed by atoms with Crippen molar-refractivity contribution in [2.75, 3.05) is 22.5 Å². The van der Waals surface area contributed by atoms with E-state index in [9.17, 15) is 9.59 Å². The highest BCUT2D eigenvalue weighted by molar-refractivity contribution is 8.00. The lowest BCUT2D eigenvalue weighted by Gasteiger charge is -2.29. The molecular weight excluding hydrogens is 356 g/mol. The molecule has 27 heavy (non-hydrogen) atoms. The highest BCUT2D eigenvalue weighted by Crippen LogP contribution is 2.30. The normalized spacial score (nSPS) is 13.0. The Morgan fingerprint density at radius 1 is 0.889 bits per heavy atom. The molecule has 0 fully saturated rings. The van der Waals surface area contributed by atoms with Crippen LogP contribution in [0.25, 0.3) is 11.1 Å². The minimum Gasteiger partial charge on any atom is -0.323 e. The first-order chi connectivity index (χ1) is 13.2. The Morgan fingerprint density at radius 3 is 2.33 bits per heavy atom. The van der Waals surface area contributed by atoms with Crippen molar-refractivity contribution in [3.63, 3.8) is 0 Å². The van der Waals surface area contributed by atoms with Crippen LogP contribution in [0.4, 0.5) is 11.4 Å². The summed E-state index contributed by atoms with van der Waals surface area (Å²) >= 11 is 1.48. The maximum Gasteiger partial charge on any atom is 0.244 e. The second kappa shape index (κ2) is 7.68. The first-order valence-electron chi connectivity index (χ1n) is 8.68. The van der Waals surface area contributed by atoms with Gasteiger partial charge in [-0.3, -0.25) is 9.59 Å². The first-order valence-corrected chi connectivity index (χ1v) is 9.67. The van der Waals surface area contributed by atoms with Crippen LogP contribution in [0.5, 0.6) is 0 Å². The topological polar surface area (TPSA) is 49.4 Å². The molecule has 0 aromatic heterocycles. The molecule has 3 aromatic rings. The number of anilines is 2. The van der Waals surface area contributed by atoms with E-state index in [4.69, 9.17) is 0 Å². The first kappa shape index (κ1) is 17.4. The number of carbonyl (C=O) groups is 2. The lowest BCUT2D eigenvalue weighted by atomic mass is 10.1. The van der Waals surface area contributed by atoms with Gasteiger partial charge < -0.3 is 10.2 Å². The summed E-state index contributed by atoms with van der Waals surface area (Å²) in [7, 11) is 0. The van der Waals surface area contributed by atoms with Crippen molar-refractivity contribution >= 4 is 35.0 Å². The van der Waals surface area contributed by atoms with Crippen molar-refractivity contribution in [1.29, 1.82) is 0 Å². The number of hydrogen-bond acceptors (Lipinski definition) is 3. The lowest BCUT2D eigenvalue weighted by Crippen LogP contribution is -2.43. The molecule has 3 aromatic carbocycles. The number of hydrogen-bond donors (Lipinski definition) is 1. The summed E-state index contributed by atoms with van der Waals surface area (Å²) in [6.45, 7) is 0.0589. The van der Waals surface area contributed by atoms with Crippen LogP contribution in [0, 0.1) is 0 Å². The number of thioether (sulfide) groups is 1. The molecule has 5 heteroatoms. The standard InChI is InChI=1S/C22H18N2O2S/c25-21-14-24(20-9-5-4-8-19(20)23-21)22(26)15-27-18-12-10-17(11-13-18)16-6-2-1-3-7-16/h1-13H,14-15H2,(H,23,25). The Hall–Kier alpha value is -3.05. The van der Waals surface area contributed by atoms with Crippen molar-refractivity contribution < 1.29 is 9.59 Å². The van der Waals surface area contributed by atoms with Crippen molar-refractivity contribution in [3.8, 4) is 11.1 Å². The van der Waals surface area contributed by atoms with E-state index in [1.807, 2.05) is 54.6 Å². The number of carbonyl (C=O) groups excluding carboxylic acids is 2. The van der Waals surface area contributed by atoms with Crippen LogP contribution < -0.4 is 10.2 Å². The largest absolute Gasteiger partial charge is 0.323 e. The number of nitrogens with zero attached hydrogens (tertiary/aromatic N) is 1. The molecule has 134 valence electrons. The molecule has 0 saturated heterocycles. The van der Waals surface area contributed by atoms with Crippen LogP contribution in [-0.2, 0) is 9.59 Å². The summed E-state index contributed by atoms with van der Waals surface area (Å²) in [4.78, 5) is 27.1. The molecule has 0 bridgehead atoms. The summed E-state index contributed by atoms with van der Waals surface area (Å²) in [5.74, 6) is 0.0421. The molecule has 0 radical (unpaired) electrons. The van der Waals surface area contributed by atoms with Crippen LogP contribution in [0.1, 0.15) is 0 Å². The number of benzene rings is 3. The Labute approximate surface area is 162 Å². The van der Waals surface area contributed by atoms with Crippen LogP contribution in [0.15, 0.2) is 83.8 Å². The summed E-state index contributed by atoms with van der Waals surface area (Å²) in [6.07, 6.45) is 0. The Bertz CT molecular complexity index is 971. The minimum atomic E-state index is -0.167. The lowest BCUT2D eigenvalue weighted by molar-refractivity contribution is -0.120. The predicted molar refractivity (Wildman–Crippen MR) is 110 cm³/mol. The zero-order chi connectivity index (χ0) is 18.6. The van der Waals surface area contributed by atoms with E-state index in [0.717, 1.165) is 16.1 Å². The molecule has 1 aliphatic rings. The molecule has 0 saturated carbocycles. The third-order valence-corrected chi connectivity index (χ3v) is 5.39. The molecule has 4 nitrogen and oxygen atoms in total. The summed E-state index contributed by atoms with van der Waals surface area (Å²) < 4.78 is 0. The molecule has 4 rings (SSSR count).